The molecule has 0 atom stereocenters. The molecule has 7 heteroatoms. The molecule has 0 saturated heterocycles. The van der Waals surface area contributed by atoms with Gasteiger partial charge in [0.05, 0.1) is 14.2 Å². The van der Waals surface area contributed by atoms with Gasteiger partial charge < -0.3 is 20.1 Å². The highest BCUT2D eigenvalue weighted by molar-refractivity contribution is 6.02. The van der Waals surface area contributed by atoms with Crippen LogP contribution >= 0.6 is 0 Å². The zero-order valence-corrected chi connectivity index (χ0v) is 14.4. The third-order valence-corrected chi connectivity index (χ3v) is 3.57. The molecule has 0 unspecified atom stereocenters. The summed E-state index contributed by atoms with van der Waals surface area (Å²) >= 11 is 0. The normalized spacial score (nSPS) is 10.1. The Morgan fingerprint density at radius 2 is 1.50 bits per heavy atom. The molecule has 0 aliphatic rings. The van der Waals surface area contributed by atoms with Crippen LogP contribution in [-0.2, 0) is 0 Å². The van der Waals surface area contributed by atoms with Crippen LogP contribution in [0.2, 0.25) is 0 Å². The third kappa shape index (κ3) is 4.27. The molecule has 3 rings (SSSR count). The number of methoxy groups -OCH3 is 2. The zero-order valence-electron chi connectivity index (χ0n) is 14.4. The van der Waals surface area contributed by atoms with Gasteiger partial charge in [0.25, 0.3) is 5.91 Å². The predicted octanol–water partition coefficient (Wildman–Crippen LogP) is 3.49. The number of ether oxygens (including phenoxy) is 2. The molecule has 3 aromatic rings. The minimum atomic E-state index is -0.348. The highest BCUT2D eigenvalue weighted by Crippen LogP contribution is 2.20. The highest BCUT2D eigenvalue weighted by Gasteiger charge is 2.09. The Labute approximate surface area is 151 Å². The summed E-state index contributed by atoms with van der Waals surface area (Å²) in [5.41, 5.74) is 1.64. The molecule has 7 nitrogen and oxygen atoms in total. The Hall–Kier alpha value is -3.61. The fourth-order valence-electron chi connectivity index (χ4n) is 2.26. The number of hydrogen-bond acceptors (Lipinski definition) is 6. The van der Waals surface area contributed by atoms with E-state index in [0.29, 0.717) is 17.3 Å². The molecular weight excluding hydrogens is 332 g/mol. The van der Waals surface area contributed by atoms with Crippen molar-refractivity contribution in [1.82, 2.24) is 10.2 Å². The van der Waals surface area contributed by atoms with E-state index in [9.17, 15) is 4.79 Å². The smallest absolute Gasteiger partial charge is 0.276 e. The van der Waals surface area contributed by atoms with Crippen molar-refractivity contribution in [3.63, 3.8) is 0 Å². The van der Waals surface area contributed by atoms with E-state index < -0.39 is 0 Å². The number of rotatable bonds is 6. The van der Waals surface area contributed by atoms with Crippen molar-refractivity contribution in [2.75, 3.05) is 24.9 Å². The van der Waals surface area contributed by atoms with Gasteiger partial charge in [0, 0.05) is 23.5 Å². The number of amides is 1. The van der Waals surface area contributed by atoms with Crippen LogP contribution in [-0.4, -0.2) is 30.3 Å². The van der Waals surface area contributed by atoms with Crippen molar-refractivity contribution in [3.8, 4) is 11.5 Å². The van der Waals surface area contributed by atoms with Crippen molar-refractivity contribution in [2.45, 2.75) is 0 Å². The molecule has 0 radical (unpaired) electrons. The minimum absolute atomic E-state index is 0.212. The van der Waals surface area contributed by atoms with Crippen molar-refractivity contribution in [1.29, 1.82) is 0 Å². The van der Waals surface area contributed by atoms with Gasteiger partial charge in [0.1, 0.15) is 11.5 Å². The van der Waals surface area contributed by atoms with Gasteiger partial charge in [0.15, 0.2) is 11.5 Å². The molecule has 0 aliphatic carbocycles. The van der Waals surface area contributed by atoms with Crippen LogP contribution in [0, 0.1) is 0 Å². The topological polar surface area (TPSA) is 85.4 Å². The van der Waals surface area contributed by atoms with Crippen LogP contribution < -0.4 is 20.1 Å². The number of aromatic nitrogens is 2. The first-order chi connectivity index (χ1) is 12.7. The molecule has 2 aromatic carbocycles. The van der Waals surface area contributed by atoms with E-state index in [1.165, 1.54) is 0 Å². The quantitative estimate of drug-likeness (QED) is 0.708. The summed E-state index contributed by atoms with van der Waals surface area (Å²) in [6.07, 6.45) is 0. The monoisotopic (exact) mass is 350 g/mol. The van der Waals surface area contributed by atoms with Crippen molar-refractivity contribution >= 4 is 23.1 Å². The first-order valence-electron chi connectivity index (χ1n) is 7.88. The average molecular weight is 350 g/mol. The fraction of sp³-hybridized carbons (Fsp3) is 0.105. The predicted molar refractivity (Wildman–Crippen MR) is 99.3 cm³/mol. The lowest BCUT2D eigenvalue weighted by Crippen LogP contribution is -2.14. The summed E-state index contributed by atoms with van der Waals surface area (Å²) in [6.45, 7) is 0. The second-order valence-electron chi connectivity index (χ2n) is 5.35. The van der Waals surface area contributed by atoms with E-state index in [1.807, 2.05) is 24.3 Å². The van der Waals surface area contributed by atoms with Crippen molar-refractivity contribution in [2.24, 2.45) is 0 Å². The molecule has 26 heavy (non-hydrogen) atoms. The summed E-state index contributed by atoms with van der Waals surface area (Å²) in [4.78, 5) is 12.3. The van der Waals surface area contributed by atoms with Gasteiger partial charge in [-0.3, -0.25) is 4.79 Å². The second-order valence-corrected chi connectivity index (χ2v) is 5.35. The summed E-state index contributed by atoms with van der Waals surface area (Å²) in [6, 6.07) is 17.8. The van der Waals surface area contributed by atoms with E-state index >= 15 is 0 Å². The second kappa shape index (κ2) is 7.98. The number of benzene rings is 2. The summed E-state index contributed by atoms with van der Waals surface area (Å²) in [5, 5.41) is 13.9. The van der Waals surface area contributed by atoms with Crippen LogP contribution in [0.5, 0.6) is 11.5 Å². The molecule has 0 aliphatic heterocycles. The zero-order chi connectivity index (χ0) is 18.4. The van der Waals surface area contributed by atoms with E-state index in [4.69, 9.17) is 9.47 Å². The van der Waals surface area contributed by atoms with Crippen LogP contribution in [0.1, 0.15) is 10.5 Å². The van der Waals surface area contributed by atoms with Gasteiger partial charge in [-0.2, -0.15) is 0 Å². The van der Waals surface area contributed by atoms with Gasteiger partial charge in [-0.25, -0.2) is 0 Å². The molecule has 0 spiro atoms. The maximum atomic E-state index is 12.3. The van der Waals surface area contributed by atoms with Crippen LogP contribution in [0.4, 0.5) is 17.2 Å². The van der Waals surface area contributed by atoms with Gasteiger partial charge in [-0.1, -0.05) is 12.1 Å². The highest BCUT2D eigenvalue weighted by atomic mass is 16.5. The molecule has 1 heterocycles. The van der Waals surface area contributed by atoms with Gasteiger partial charge in [0.2, 0.25) is 0 Å². The molecule has 0 saturated carbocycles. The van der Waals surface area contributed by atoms with Crippen molar-refractivity contribution < 1.29 is 14.3 Å². The largest absolute Gasteiger partial charge is 0.497 e. The molecule has 0 bridgehead atoms. The number of nitrogens with one attached hydrogen (secondary N) is 2. The molecule has 0 fully saturated rings. The van der Waals surface area contributed by atoms with E-state index in [1.54, 1.807) is 50.6 Å². The Bertz CT molecular complexity index is 897. The van der Waals surface area contributed by atoms with Crippen LogP contribution in [0.25, 0.3) is 0 Å². The van der Waals surface area contributed by atoms with Crippen molar-refractivity contribution in [3.05, 3.63) is 66.4 Å². The third-order valence-electron chi connectivity index (χ3n) is 3.57. The summed E-state index contributed by atoms with van der Waals surface area (Å²) in [7, 11) is 3.18. The number of nitrogens with zero attached hydrogens (tertiary/aromatic N) is 2. The van der Waals surface area contributed by atoms with Gasteiger partial charge in [-0.05, 0) is 36.4 Å². The SMILES string of the molecule is COc1cccc(NC(=O)c2ccc(Nc3cccc(OC)c3)nn2)c1. The lowest BCUT2D eigenvalue weighted by Gasteiger charge is -2.08. The molecule has 132 valence electrons. The summed E-state index contributed by atoms with van der Waals surface area (Å²) < 4.78 is 10.3. The average Bonchev–Trinajstić information content (AvgIpc) is 2.69. The Morgan fingerprint density at radius 1 is 0.846 bits per heavy atom. The Kier molecular flexibility index (Phi) is 5.28. The Morgan fingerprint density at radius 3 is 2.12 bits per heavy atom. The van der Waals surface area contributed by atoms with E-state index in [0.717, 1.165) is 11.4 Å². The van der Waals surface area contributed by atoms with Gasteiger partial charge >= 0.3 is 0 Å². The maximum absolute atomic E-state index is 12.3. The lowest BCUT2D eigenvalue weighted by molar-refractivity contribution is 0.102. The number of hydrogen-bond donors (Lipinski definition) is 2. The maximum Gasteiger partial charge on any atom is 0.276 e. The van der Waals surface area contributed by atoms with Crippen LogP contribution in [0.3, 0.4) is 0 Å². The van der Waals surface area contributed by atoms with Crippen LogP contribution in [0.15, 0.2) is 60.7 Å². The van der Waals surface area contributed by atoms with Gasteiger partial charge in [-0.15, -0.1) is 10.2 Å². The molecule has 1 aromatic heterocycles. The Balaban J connectivity index is 1.67. The van der Waals surface area contributed by atoms with E-state index in [2.05, 4.69) is 20.8 Å². The van der Waals surface area contributed by atoms with E-state index in [-0.39, 0.29) is 11.6 Å². The molecule has 1 amide bonds. The molecule has 2 N–H and O–H groups in total. The minimum Gasteiger partial charge on any atom is -0.497 e. The summed E-state index contributed by atoms with van der Waals surface area (Å²) in [5.74, 6) is 1.57. The fourth-order valence-corrected chi connectivity index (χ4v) is 2.26. The first-order valence-corrected chi connectivity index (χ1v) is 7.88. The standard InChI is InChI=1S/C19H18N4O3/c1-25-15-7-3-5-13(11-15)20-18-10-9-17(22-23-18)19(24)21-14-6-4-8-16(12-14)26-2/h3-12H,1-2H3,(H,20,23)(H,21,24). The first kappa shape index (κ1) is 17.2. The number of carbonyl (C=O) groups is 1. The number of carbonyl (C=O) groups excluding carboxylic acids is 1. The number of anilines is 3. The molecular formula is C19H18N4O3. The lowest BCUT2D eigenvalue weighted by atomic mass is 10.2.